The van der Waals surface area contributed by atoms with Crippen molar-refractivity contribution < 1.29 is 14.9 Å². The van der Waals surface area contributed by atoms with Crippen molar-refractivity contribution in [2.24, 2.45) is 5.73 Å². The number of nitrogens with two attached hydrogens (primary N) is 1. The van der Waals surface area contributed by atoms with E-state index in [1.807, 2.05) is 0 Å². The molecule has 13 heavy (non-hydrogen) atoms. The van der Waals surface area contributed by atoms with Crippen LogP contribution in [0.15, 0.2) is 0 Å². The lowest BCUT2D eigenvalue weighted by Crippen LogP contribution is -2.36. The zero-order chi connectivity index (χ0) is 9.84. The first-order valence-electron chi connectivity index (χ1n) is 4.17. The molecular formula is C7H15N3O3. The van der Waals surface area contributed by atoms with E-state index < -0.39 is 12.2 Å². The molecule has 0 aromatic rings. The number of aliphatic hydroxyl groups excluding tert-OH is 2. The summed E-state index contributed by atoms with van der Waals surface area (Å²) in [7, 11) is 0. The zero-order valence-corrected chi connectivity index (χ0v) is 7.23. The minimum Gasteiger partial charge on any atom is -0.388 e. The van der Waals surface area contributed by atoms with Crippen molar-refractivity contribution in [1.82, 2.24) is 5.32 Å². The normalized spacial score (nSPS) is 33.2. The van der Waals surface area contributed by atoms with Crippen LogP contribution in [0.4, 0.5) is 0 Å². The lowest BCUT2D eigenvalue weighted by atomic mass is 10.1. The first-order chi connectivity index (χ1) is 6.11. The molecule has 6 heteroatoms. The maximum atomic E-state index is 9.33. The van der Waals surface area contributed by atoms with Crippen LogP contribution < -0.4 is 11.1 Å². The van der Waals surface area contributed by atoms with Crippen LogP contribution in [0.25, 0.3) is 0 Å². The number of hydrogen-bond donors (Lipinski definition) is 5. The topological polar surface area (TPSA) is 112 Å². The Morgan fingerprint density at radius 2 is 2.31 bits per heavy atom. The fourth-order valence-electron chi connectivity index (χ4n) is 1.27. The van der Waals surface area contributed by atoms with Crippen LogP contribution >= 0.6 is 0 Å². The molecule has 1 rings (SSSR count). The van der Waals surface area contributed by atoms with E-state index in [4.69, 9.17) is 21.0 Å². The number of hydrogen-bond acceptors (Lipinski definition) is 4. The van der Waals surface area contributed by atoms with Crippen LogP contribution in [0.2, 0.25) is 0 Å². The fourth-order valence-corrected chi connectivity index (χ4v) is 1.27. The summed E-state index contributed by atoms with van der Waals surface area (Å²) in [6.45, 7) is 0.635. The van der Waals surface area contributed by atoms with Crippen LogP contribution in [-0.4, -0.2) is 47.6 Å². The predicted molar refractivity (Wildman–Crippen MR) is 46.3 cm³/mol. The monoisotopic (exact) mass is 189 g/mol. The van der Waals surface area contributed by atoms with Crippen LogP contribution in [0, 0.1) is 5.41 Å². The largest absolute Gasteiger partial charge is 0.388 e. The predicted octanol–water partition coefficient (Wildman–Crippen LogP) is -2.02. The van der Waals surface area contributed by atoms with Crippen LogP contribution in [0.5, 0.6) is 0 Å². The van der Waals surface area contributed by atoms with Crippen LogP contribution in [0.1, 0.15) is 6.42 Å². The van der Waals surface area contributed by atoms with Crippen molar-refractivity contribution >= 4 is 5.96 Å². The minimum atomic E-state index is -0.825. The van der Waals surface area contributed by atoms with E-state index in [-0.39, 0.29) is 18.7 Å². The molecule has 1 fully saturated rings. The summed E-state index contributed by atoms with van der Waals surface area (Å²) < 4.78 is 5.11. The van der Waals surface area contributed by atoms with Crippen LogP contribution in [-0.2, 0) is 4.74 Å². The summed E-state index contributed by atoms with van der Waals surface area (Å²) in [6.07, 6.45) is -1.45. The Morgan fingerprint density at radius 1 is 1.62 bits per heavy atom. The second kappa shape index (κ2) is 4.40. The quantitative estimate of drug-likeness (QED) is 0.260. The van der Waals surface area contributed by atoms with Crippen molar-refractivity contribution in [3.63, 3.8) is 0 Å². The Labute approximate surface area is 76.2 Å². The molecule has 1 aliphatic rings. The Kier molecular flexibility index (Phi) is 3.47. The van der Waals surface area contributed by atoms with Crippen molar-refractivity contribution in [3.05, 3.63) is 0 Å². The highest BCUT2D eigenvalue weighted by atomic mass is 16.5. The van der Waals surface area contributed by atoms with E-state index in [0.717, 1.165) is 0 Å². The molecule has 0 radical (unpaired) electrons. The summed E-state index contributed by atoms with van der Waals surface area (Å²) >= 11 is 0. The molecule has 1 aliphatic heterocycles. The maximum absolute atomic E-state index is 9.33. The number of ether oxygens (including phenoxy) is 1. The van der Waals surface area contributed by atoms with Gasteiger partial charge >= 0.3 is 0 Å². The highest BCUT2D eigenvalue weighted by Gasteiger charge is 2.33. The molecule has 76 valence electrons. The average molecular weight is 189 g/mol. The molecule has 1 heterocycles. The second-order valence-corrected chi connectivity index (χ2v) is 3.06. The summed E-state index contributed by atoms with van der Waals surface area (Å²) in [4.78, 5) is 0. The van der Waals surface area contributed by atoms with E-state index >= 15 is 0 Å². The lowest BCUT2D eigenvalue weighted by molar-refractivity contribution is 0.0202. The second-order valence-electron chi connectivity index (χ2n) is 3.06. The molecule has 0 aliphatic carbocycles. The third-order valence-corrected chi connectivity index (χ3v) is 2.00. The molecule has 0 aromatic heterocycles. The zero-order valence-electron chi connectivity index (χ0n) is 7.23. The van der Waals surface area contributed by atoms with Gasteiger partial charge in [-0.05, 0) is 6.42 Å². The van der Waals surface area contributed by atoms with Gasteiger partial charge in [0.1, 0.15) is 12.2 Å². The molecule has 0 spiro atoms. The van der Waals surface area contributed by atoms with Crippen LogP contribution in [0.3, 0.4) is 0 Å². The molecule has 0 bridgehead atoms. The Balaban J connectivity index is 2.18. The van der Waals surface area contributed by atoms with Crippen molar-refractivity contribution in [2.45, 2.75) is 24.7 Å². The molecule has 6 nitrogen and oxygen atoms in total. The van der Waals surface area contributed by atoms with Gasteiger partial charge in [-0.25, -0.2) is 0 Å². The number of guanidine groups is 1. The summed E-state index contributed by atoms with van der Waals surface area (Å²) in [5.74, 6) is -0.104. The first-order valence-corrected chi connectivity index (χ1v) is 4.17. The maximum Gasteiger partial charge on any atom is 0.185 e. The van der Waals surface area contributed by atoms with Crippen molar-refractivity contribution in [2.75, 3.05) is 13.2 Å². The average Bonchev–Trinajstić information content (AvgIpc) is 2.35. The van der Waals surface area contributed by atoms with E-state index in [1.165, 1.54) is 0 Å². The molecule has 0 aromatic carbocycles. The van der Waals surface area contributed by atoms with Crippen molar-refractivity contribution in [1.29, 1.82) is 5.41 Å². The number of nitrogens with one attached hydrogen (secondary N) is 2. The van der Waals surface area contributed by atoms with Gasteiger partial charge in [-0.2, -0.15) is 0 Å². The molecule has 0 saturated carbocycles. The van der Waals surface area contributed by atoms with E-state index in [0.29, 0.717) is 13.0 Å². The van der Waals surface area contributed by atoms with E-state index in [2.05, 4.69) is 5.32 Å². The van der Waals surface area contributed by atoms with Gasteiger partial charge < -0.3 is 26.0 Å². The Morgan fingerprint density at radius 3 is 2.77 bits per heavy atom. The summed E-state index contributed by atoms with van der Waals surface area (Å²) in [5, 5.41) is 27.9. The van der Waals surface area contributed by atoms with Gasteiger partial charge in [-0.15, -0.1) is 0 Å². The first kappa shape index (κ1) is 10.2. The third kappa shape index (κ3) is 2.83. The number of rotatable bonds is 3. The minimum absolute atomic E-state index is 0.104. The SMILES string of the molecule is N=C(N)NCC[C@H]1OC[C@@H](O)[C@@H]1O. The standard InChI is InChI=1S/C7H15N3O3/c8-7(9)10-2-1-5-6(12)4(11)3-13-5/h4-6,11-12H,1-3H2,(H4,8,9,10)/t4-,5-,6+/m1/s1. The third-order valence-electron chi connectivity index (χ3n) is 2.00. The smallest absolute Gasteiger partial charge is 0.185 e. The van der Waals surface area contributed by atoms with Gasteiger partial charge in [0.15, 0.2) is 5.96 Å². The molecule has 1 saturated heterocycles. The van der Waals surface area contributed by atoms with Gasteiger partial charge in [0.05, 0.1) is 12.7 Å². The Bertz CT molecular complexity index is 188. The van der Waals surface area contributed by atoms with E-state index in [9.17, 15) is 5.11 Å². The molecule has 0 amide bonds. The molecule has 3 atom stereocenters. The molecule has 6 N–H and O–H groups in total. The fraction of sp³-hybridized carbons (Fsp3) is 0.857. The van der Waals surface area contributed by atoms with E-state index in [1.54, 1.807) is 0 Å². The van der Waals surface area contributed by atoms with Gasteiger partial charge in [0, 0.05) is 6.54 Å². The van der Waals surface area contributed by atoms with Gasteiger partial charge in [-0.3, -0.25) is 5.41 Å². The highest BCUT2D eigenvalue weighted by molar-refractivity contribution is 5.74. The summed E-state index contributed by atoms with van der Waals surface area (Å²) in [6, 6.07) is 0. The molecular weight excluding hydrogens is 174 g/mol. The van der Waals surface area contributed by atoms with Gasteiger partial charge in [-0.1, -0.05) is 0 Å². The Hall–Kier alpha value is -0.850. The van der Waals surface area contributed by atoms with Gasteiger partial charge in [0.2, 0.25) is 0 Å². The summed E-state index contributed by atoms with van der Waals surface area (Å²) in [5.41, 5.74) is 5.06. The number of aliphatic hydroxyl groups is 2. The molecule has 0 unspecified atom stereocenters. The van der Waals surface area contributed by atoms with Gasteiger partial charge in [0.25, 0.3) is 0 Å². The lowest BCUT2D eigenvalue weighted by Gasteiger charge is -2.14. The highest BCUT2D eigenvalue weighted by Crippen LogP contribution is 2.16. The van der Waals surface area contributed by atoms with Crippen molar-refractivity contribution in [3.8, 4) is 0 Å².